The molecular formula is C14H12ClN. The Kier molecular flexibility index (Phi) is 3.37. The number of halogens is 1. The van der Waals surface area contributed by atoms with Crippen LogP contribution in [-0.4, -0.2) is 4.98 Å². The highest BCUT2D eigenvalue weighted by Crippen LogP contribution is 2.18. The molecule has 0 radical (unpaired) electrons. The molecule has 0 spiro atoms. The minimum absolute atomic E-state index is 0.757. The molecule has 0 aliphatic carbocycles. The maximum Gasteiger partial charge on any atom is 0.0658 e. The minimum Gasteiger partial charge on any atom is -0.257 e. The van der Waals surface area contributed by atoms with Crippen LogP contribution in [0, 0.1) is 6.92 Å². The molecule has 1 heterocycles. The van der Waals surface area contributed by atoms with E-state index in [0.29, 0.717) is 0 Å². The lowest BCUT2D eigenvalue weighted by atomic mass is 10.1. The lowest BCUT2D eigenvalue weighted by molar-refractivity contribution is 1.24. The Morgan fingerprint density at radius 1 is 1.06 bits per heavy atom. The van der Waals surface area contributed by atoms with E-state index < -0.39 is 0 Å². The predicted molar refractivity (Wildman–Crippen MR) is 69.4 cm³/mol. The molecule has 2 rings (SSSR count). The number of nitrogens with zero attached hydrogens (tertiary/aromatic N) is 1. The van der Waals surface area contributed by atoms with Gasteiger partial charge < -0.3 is 0 Å². The van der Waals surface area contributed by atoms with E-state index in [1.54, 1.807) is 6.20 Å². The Morgan fingerprint density at radius 3 is 2.62 bits per heavy atom. The van der Waals surface area contributed by atoms with Gasteiger partial charge in [-0.3, -0.25) is 4.98 Å². The zero-order chi connectivity index (χ0) is 11.4. The first kappa shape index (κ1) is 10.9. The maximum absolute atomic E-state index is 6.06. The summed E-state index contributed by atoms with van der Waals surface area (Å²) in [6, 6.07) is 11.7. The van der Waals surface area contributed by atoms with Gasteiger partial charge in [0.05, 0.1) is 5.69 Å². The lowest BCUT2D eigenvalue weighted by Crippen LogP contribution is -1.84. The summed E-state index contributed by atoms with van der Waals surface area (Å²) in [5.74, 6) is 0. The number of aryl methyl sites for hydroxylation is 1. The molecule has 0 aliphatic heterocycles. The van der Waals surface area contributed by atoms with Crippen LogP contribution in [0.5, 0.6) is 0 Å². The molecule has 0 saturated heterocycles. The number of benzene rings is 1. The van der Waals surface area contributed by atoms with Crippen molar-refractivity contribution in [1.82, 2.24) is 4.98 Å². The van der Waals surface area contributed by atoms with Gasteiger partial charge in [-0.05, 0) is 36.3 Å². The fourth-order valence-corrected chi connectivity index (χ4v) is 1.65. The van der Waals surface area contributed by atoms with Crippen LogP contribution in [0.15, 0.2) is 42.6 Å². The highest BCUT2D eigenvalue weighted by atomic mass is 35.5. The molecule has 0 bridgehead atoms. The van der Waals surface area contributed by atoms with Crippen LogP contribution in [-0.2, 0) is 0 Å². The molecule has 0 fully saturated rings. The molecule has 0 unspecified atom stereocenters. The highest BCUT2D eigenvalue weighted by molar-refractivity contribution is 6.32. The van der Waals surface area contributed by atoms with E-state index in [0.717, 1.165) is 21.8 Å². The summed E-state index contributed by atoms with van der Waals surface area (Å²) >= 11 is 6.06. The molecule has 0 aliphatic rings. The molecule has 2 heteroatoms. The van der Waals surface area contributed by atoms with E-state index in [1.807, 2.05) is 55.5 Å². The van der Waals surface area contributed by atoms with Crippen molar-refractivity contribution in [3.05, 3.63) is 64.4 Å². The van der Waals surface area contributed by atoms with Crippen LogP contribution in [0.25, 0.3) is 12.2 Å². The van der Waals surface area contributed by atoms with Crippen molar-refractivity contribution >= 4 is 23.8 Å². The van der Waals surface area contributed by atoms with Gasteiger partial charge >= 0.3 is 0 Å². The van der Waals surface area contributed by atoms with Crippen molar-refractivity contribution in [3.63, 3.8) is 0 Å². The normalized spacial score (nSPS) is 10.9. The van der Waals surface area contributed by atoms with Crippen LogP contribution in [0.3, 0.4) is 0 Å². The number of rotatable bonds is 2. The molecular weight excluding hydrogens is 218 g/mol. The Hall–Kier alpha value is -1.60. The van der Waals surface area contributed by atoms with Gasteiger partial charge in [-0.1, -0.05) is 41.9 Å². The second-order valence-corrected chi connectivity index (χ2v) is 3.97. The first-order valence-corrected chi connectivity index (χ1v) is 5.49. The number of hydrogen-bond acceptors (Lipinski definition) is 1. The molecule has 0 atom stereocenters. The van der Waals surface area contributed by atoms with Gasteiger partial charge in [0.15, 0.2) is 0 Å². The summed E-state index contributed by atoms with van der Waals surface area (Å²) in [6.07, 6.45) is 5.76. The third-order valence-electron chi connectivity index (χ3n) is 2.38. The van der Waals surface area contributed by atoms with Crippen molar-refractivity contribution in [2.24, 2.45) is 0 Å². The van der Waals surface area contributed by atoms with E-state index in [9.17, 15) is 0 Å². The summed E-state index contributed by atoms with van der Waals surface area (Å²) in [5.41, 5.74) is 3.14. The fraction of sp³-hybridized carbons (Fsp3) is 0.0714. The van der Waals surface area contributed by atoms with Crippen molar-refractivity contribution in [3.8, 4) is 0 Å². The molecule has 0 saturated carbocycles. The van der Waals surface area contributed by atoms with Crippen molar-refractivity contribution in [2.45, 2.75) is 6.92 Å². The number of pyridine rings is 1. The minimum atomic E-state index is 0.757. The Morgan fingerprint density at radius 2 is 1.88 bits per heavy atom. The maximum atomic E-state index is 6.06. The van der Waals surface area contributed by atoms with Gasteiger partial charge in [-0.25, -0.2) is 0 Å². The molecule has 2 aromatic rings. The van der Waals surface area contributed by atoms with Crippen molar-refractivity contribution in [1.29, 1.82) is 0 Å². The molecule has 1 nitrogen and oxygen atoms in total. The summed E-state index contributed by atoms with van der Waals surface area (Å²) in [5, 5.41) is 0.757. The van der Waals surface area contributed by atoms with Crippen molar-refractivity contribution in [2.75, 3.05) is 0 Å². The van der Waals surface area contributed by atoms with Crippen LogP contribution < -0.4 is 0 Å². The van der Waals surface area contributed by atoms with Crippen LogP contribution >= 0.6 is 11.6 Å². The van der Waals surface area contributed by atoms with Crippen LogP contribution in [0.4, 0.5) is 0 Å². The SMILES string of the molecule is Cc1cccnc1/C=C\c1ccccc1Cl. The number of hydrogen-bond donors (Lipinski definition) is 0. The van der Waals surface area contributed by atoms with Gasteiger partial charge in [-0.2, -0.15) is 0 Å². The molecule has 1 aromatic heterocycles. The molecule has 80 valence electrons. The van der Waals surface area contributed by atoms with Gasteiger partial charge in [0.1, 0.15) is 0 Å². The number of aromatic nitrogens is 1. The van der Waals surface area contributed by atoms with E-state index in [4.69, 9.17) is 11.6 Å². The van der Waals surface area contributed by atoms with Crippen molar-refractivity contribution < 1.29 is 0 Å². The Bertz CT molecular complexity index is 470. The predicted octanol–water partition coefficient (Wildman–Crippen LogP) is 4.21. The third-order valence-corrected chi connectivity index (χ3v) is 2.72. The van der Waals surface area contributed by atoms with E-state index in [1.165, 1.54) is 0 Å². The topological polar surface area (TPSA) is 12.9 Å². The quantitative estimate of drug-likeness (QED) is 0.752. The largest absolute Gasteiger partial charge is 0.257 e. The first-order valence-electron chi connectivity index (χ1n) is 5.11. The van der Waals surface area contributed by atoms with Gasteiger partial charge in [0.2, 0.25) is 0 Å². The van der Waals surface area contributed by atoms with Gasteiger partial charge in [-0.15, -0.1) is 0 Å². The summed E-state index contributed by atoms with van der Waals surface area (Å²) in [6.45, 7) is 2.04. The zero-order valence-corrected chi connectivity index (χ0v) is 9.78. The zero-order valence-electron chi connectivity index (χ0n) is 9.02. The van der Waals surface area contributed by atoms with Crippen LogP contribution in [0.1, 0.15) is 16.8 Å². The average molecular weight is 230 g/mol. The molecule has 16 heavy (non-hydrogen) atoms. The lowest BCUT2D eigenvalue weighted by Gasteiger charge is -1.99. The molecule has 0 amide bonds. The second-order valence-electron chi connectivity index (χ2n) is 3.56. The second kappa shape index (κ2) is 4.95. The van der Waals surface area contributed by atoms with E-state index in [2.05, 4.69) is 4.98 Å². The summed E-state index contributed by atoms with van der Waals surface area (Å²) in [4.78, 5) is 4.29. The monoisotopic (exact) mass is 229 g/mol. The van der Waals surface area contributed by atoms with E-state index in [-0.39, 0.29) is 0 Å². The molecule has 1 aromatic carbocycles. The highest BCUT2D eigenvalue weighted by Gasteiger charge is 1.95. The van der Waals surface area contributed by atoms with Crippen LogP contribution in [0.2, 0.25) is 5.02 Å². The Balaban J connectivity index is 2.29. The average Bonchev–Trinajstić information content (AvgIpc) is 2.30. The smallest absolute Gasteiger partial charge is 0.0658 e. The summed E-state index contributed by atoms with van der Waals surface area (Å²) < 4.78 is 0. The summed E-state index contributed by atoms with van der Waals surface area (Å²) in [7, 11) is 0. The standard InChI is InChI=1S/C14H12ClN/c1-11-5-4-10-16-14(11)9-8-12-6-2-3-7-13(12)15/h2-10H,1H3/b9-8-. The molecule has 0 N–H and O–H groups in total. The fourth-order valence-electron chi connectivity index (χ4n) is 1.45. The van der Waals surface area contributed by atoms with Gasteiger partial charge in [0, 0.05) is 11.2 Å². The van der Waals surface area contributed by atoms with E-state index >= 15 is 0 Å². The Labute approximate surface area is 100 Å². The van der Waals surface area contributed by atoms with Gasteiger partial charge in [0.25, 0.3) is 0 Å². The third kappa shape index (κ3) is 2.50. The first-order chi connectivity index (χ1) is 7.77.